The SMILES string of the molecule is CSCCc1ccc(NC(=O)c2csc(CN)n2)cc1. The number of thioether (sulfide) groups is 1. The van der Waals surface area contributed by atoms with Crippen LogP contribution in [0.15, 0.2) is 29.6 Å². The molecule has 0 aliphatic heterocycles. The van der Waals surface area contributed by atoms with E-state index in [9.17, 15) is 4.79 Å². The van der Waals surface area contributed by atoms with Crippen molar-refractivity contribution >= 4 is 34.7 Å². The highest BCUT2D eigenvalue weighted by atomic mass is 32.2. The lowest BCUT2D eigenvalue weighted by Crippen LogP contribution is -2.12. The topological polar surface area (TPSA) is 68.0 Å². The van der Waals surface area contributed by atoms with Crippen molar-refractivity contribution in [1.82, 2.24) is 4.98 Å². The molecule has 0 aliphatic carbocycles. The highest BCUT2D eigenvalue weighted by Gasteiger charge is 2.10. The Balaban J connectivity index is 1.97. The van der Waals surface area contributed by atoms with Crippen molar-refractivity contribution in [3.8, 4) is 0 Å². The summed E-state index contributed by atoms with van der Waals surface area (Å²) in [6.07, 6.45) is 3.14. The van der Waals surface area contributed by atoms with E-state index in [1.54, 1.807) is 5.38 Å². The molecule has 2 aromatic rings. The Morgan fingerprint density at radius 1 is 1.40 bits per heavy atom. The van der Waals surface area contributed by atoms with Gasteiger partial charge in [-0.1, -0.05) is 12.1 Å². The molecule has 0 saturated carbocycles. The number of aromatic nitrogens is 1. The van der Waals surface area contributed by atoms with Gasteiger partial charge in [0.25, 0.3) is 5.91 Å². The second-order valence-corrected chi connectivity index (χ2v) is 6.15. The lowest BCUT2D eigenvalue weighted by molar-refractivity contribution is 0.102. The van der Waals surface area contributed by atoms with Crippen LogP contribution in [0.2, 0.25) is 0 Å². The van der Waals surface area contributed by atoms with Crippen molar-refractivity contribution in [1.29, 1.82) is 0 Å². The van der Waals surface area contributed by atoms with Crippen LogP contribution in [-0.4, -0.2) is 22.9 Å². The normalized spacial score (nSPS) is 10.5. The Bertz CT molecular complexity index is 566. The fourth-order valence-electron chi connectivity index (χ4n) is 1.68. The number of nitrogens with zero attached hydrogens (tertiary/aromatic N) is 1. The van der Waals surface area contributed by atoms with Gasteiger partial charge in [0.2, 0.25) is 0 Å². The first-order valence-corrected chi connectivity index (χ1v) is 8.54. The molecule has 0 spiro atoms. The highest BCUT2D eigenvalue weighted by Crippen LogP contribution is 2.14. The number of benzene rings is 1. The average molecular weight is 307 g/mol. The molecular formula is C14H17N3OS2. The van der Waals surface area contributed by atoms with Crippen LogP contribution < -0.4 is 11.1 Å². The summed E-state index contributed by atoms with van der Waals surface area (Å²) in [5, 5.41) is 5.33. The lowest BCUT2D eigenvalue weighted by Gasteiger charge is -2.05. The summed E-state index contributed by atoms with van der Waals surface area (Å²) in [4.78, 5) is 16.2. The highest BCUT2D eigenvalue weighted by molar-refractivity contribution is 7.98. The standard InChI is InChI=1S/C14H17N3OS2/c1-19-7-6-10-2-4-11(5-3-10)16-14(18)12-9-20-13(8-15)17-12/h2-5,9H,6-8,15H2,1H3,(H,16,18). The van der Waals surface area contributed by atoms with Gasteiger partial charge in [0.1, 0.15) is 10.7 Å². The molecule has 0 saturated heterocycles. The molecule has 1 amide bonds. The van der Waals surface area contributed by atoms with Crippen molar-refractivity contribution in [2.75, 3.05) is 17.3 Å². The monoisotopic (exact) mass is 307 g/mol. The molecule has 0 fully saturated rings. The second kappa shape index (κ2) is 7.42. The third-order valence-electron chi connectivity index (χ3n) is 2.77. The summed E-state index contributed by atoms with van der Waals surface area (Å²) < 4.78 is 0. The molecule has 106 valence electrons. The number of hydrogen-bond acceptors (Lipinski definition) is 5. The number of hydrogen-bond donors (Lipinski definition) is 2. The Hall–Kier alpha value is -1.37. The van der Waals surface area contributed by atoms with Crippen molar-refractivity contribution in [3.63, 3.8) is 0 Å². The molecule has 1 aromatic carbocycles. The van der Waals surface area contributed by atoms with Crippen LogP contribution in [0.1, 0.15) is 21.1 Å². The van der Waals surface area contributed by atoms with E-state index in [0.717, 1.165) is 22.9 Å². The van der Waals surface area contributed by atoms with Gasteiger partial charge in [-0.25, -0.2) is 4.98 Å². The number of amides is 1. The minimum Gasteiger partial charge on any atom is -0.325 e. The first kappa shape index (κ1) is 15.0. The predicted molar refractivity (Wildman–Crippen MR) is 86.5 cm³/mol. The van der Waals surface area contributed by atoms with Gasteiger partial charge >= 0.3 is 0 Å². The summed E-state index contributed by atoms with van der Waals surface area (Å²) in [5.41, 5.74) is 7.96. The van der Waals surface area contributed by atoms with Gasteiger partial charge in [0, 0.05) is 17.6 Å². The summed E-state index contributed by atoms with van der Waals surface area (Å²) in [5.74, 6) is 0.907. The largest absolute Gasteiger partial charge is 0.325 e. The summed E-state index contributed by atoms with van der Waals surface area (Å²) in [7, 11) is 0. The van der Waals surface area contributed by atoms with E-state index in [2.05, 4.69) is 16.6 Å². The van der Waals surface area contributed by atoms with Gasteiger partial charge in [-0.15, -0.1) is 11.3 Å². The van der Waals surface area contributed by atoms with Crippen molar-refractivity contribution in [2.45, 2.75) is 13.0 Å². The maximum atomic E-state index is 12.0. The maximum Gasteiger partial charge on any atom is 0.275 e. The van der Waals surface area contributed by atoms with E-state index in [1.807, 2.05) is 36.0 Å². The Kier molecular flexibility index (Phi) is 5.58. The zero-order chi connectivity index (χ0) is 14.4. The van der Waals surface area contributed by atoms with Crippen LogP contribution in [0.4, 0.5) is 5.69 Å². The summed E-state index contributed by atoms with van der Waals surface area (Å²) in [6, 6.07) is 7.92. The van der Waals surface area contributed by atoms with Crippen LogP contribution in [-0.2, 0) is 13.0 Å². The zero-order valence-corrected chi connectivity index (χ0v) is 12.9. The third-order valence-corrected chi connectivity index (χ3v) is 4.25. The second-order valence-electron chi connectivity index (χ2n) is 4.22. The number of rotatable bonds is 6. The molecule has 0 unspecified atom stereocenters. The minimum atomic E-state index is -0.196. The third kappa shape index (κ3) is 4.06. The van der Waals surface area contributed by atoms with Crippen LogP contribution in [0.25, 0.3) is 0 Å². The summed E-state index contributed by atoms with van der Waals surface area (Å²) in [6.45, 7) is 0.363. The molecular weight excluding hydrogens is 290 g/mol. The summed E-state index contributed by atoms with van der Waals surface area (Å²) >= 11 is 3.23. The van der Waals surface area contributed by atoms with E-state index in [-0.39, 0.29) is 5.91 Å². The first-order chi connectivity index (χ1) is 9.72. The van der Waals surface area contributed by atoms with Gasteiger partial charge in [-0.2, -0.15) is 11.8 Å². The number of nitrogens with two attached hydrogens (primary N) is 1. The van der Waals surface area contributed by atoms with Gasteiger partial charge in [0.15, 0.2) is 0 Å². The molecule has 2 rings (SSSR count). The van der Waals surface area contributed by atoms with E-state index < -0.39 is 0 Å². The number of anilines is 1. The predicted octanol–water partition coefficient (Wildman–Crippen LogP) is 2.76. The van der Waals surface area contributed by atoms with E-state index in [1.165, 1.54) is 16.9 Å². The molecule has 6 heteroatoms. The number of carbonyl (C=O) groups is 1. The van der Waals surface area contributed by atoms with Gasteiger partial charge in [-0.05, 0) is 36.1 Å². The zero-order valence-electron chi connectivity index (χ0n) is 11.3. The van der Waals surface area contributed by atoms with E-state index in [4.69, 9.17) is 5.73 Å². The van der Waals surface area contributed by atoms with E-state index >= 15 is 0 Å². The molecule has 0 aliphatic rings. The molecule has 0 bridgehead atoms. The van der Waals surface area contributed by atoms with Crippen LogP contribution in [0, 0.1) is 0 Å². The lowest BCUT2D eigenvalue weighted by atomic mass is 10.1. The minimum absolute atomic E-state index is 0.196. The Morgan fingerprint density at radius 2 is 2.15 bits per heavy atom. The molecule has 1 heterocycles. The quantitative estimate of drug-likeness (QED) is 0.861. The molecule has 1 aromatic heterocycles. The molecule has 4 nitrogen and oxygen atoms in total. The average Bonchev–Trinajstić information content (AvgIpc) is 2.95. The van der Waals surface area contributed by atoms with Gasteiger partial charge in [-0.3, -0.25) is 4.79 Å². The number of carbonyl (C=O) groups excluding carboxylic acids is 1. The van der Waals surface area contributed by atoms with Crippen LogP contribution >= 0.6 is 23.1 Å². The van der Waals surface area contributed by atoms with Gasteiger partial charge < -0.3 is 11.1 Å². The van der Waals surface area contributed by atoms with Crippen LogP contribution in [0.3, 0.4) is 0 Å². The van der Waals surface area contributed by atoms with Crippen LogP contribution in [0.5, 0.6) is 0 Å². The number of aryl methyl sites for hydroxylation is 1. The smallest absolute Gasteiger partial charge is 0.275 e. The first-order valence-electron chi connectivity index (χ1n) is 6.26. The molecule has 3 N–H and O–H groups in total. The van der Waals surface area contributed by atoms with Crippen molar-refractivity contribution in [3.05, 3.63) is 45.9 Å². The number of thiazole rings is 1. The molecule has 20 heavy (non-hydrogen) atoms. The fraction of sp³-hybridized carbons (Fsp3) is 0.286. The molecule has 0 radical (unpaired) electrons. The van der Waals surface area contributed by atoms with Crippen molar-refractivity contribution < 1.29 is 4.79 Å². The van der Waals surface area contributed by atoms with Crippen molar-refractivity contribution in [2.24, 2.45) is 5.73 Å². The van der Waals surface area contributed by atoms with Gasteiger partial charge in [0.05, 0.1) is 0 Å². The number of nitrogens with one attached hydrogen (secondary N) is 1. The maximum absolute atomic E-state index is 12.0. The van der Waals surface area contributed by atoms with E-state index in [0.29, 0.717) is 12.2 Å². The molecule has 0 atom stereocenters. The Labute approximate surface area is 126 Å². The Morgan fingerprint density at radius 3 is 2.75 bits per heavy atom. The fourth-order valence-corrected chi connectivity index (χ4v) is 2.77.